The molecule has 0 aliphatic carbocycles. The van der Waals surface area contributed by atoms with Crippen LogP contribution in [0.5, 0.6) is 0 Å². The summed E-state index contributed by atoms with van der Waals surface area (Å²) in [5.41, 5.74) is 0. The number of hydrogen-bond acceptors (Lipinski definition) is 2. The van der Waals surface area contributed by atoms with E-state index in [1.165, 1.54) is 11.3 Å². The monoisotopic (exact) mass is 227 g/mol. The smallest absolute Gasteiger partial charge is 0.336 e. The van der Waals surface area contributed by atoms with Crippen molar-refractivity contribution in [2.45, 2.75) is 33.2 Å². The van der Waals surface area contributed by atoms with Gasteiger partial charge in [0.05, 0.1) is 0 Å². The first-order chi connectivity index (χ1) is 7.27. The Bertz CT molecular complexity index is 367. The van der Waals surface area contributed by atoms with E-state index in [0.717, 1.165) is 24.2 Å². The van der Waals surface area contributed by atoms with E-state index >= 15 is 0 Å². The number of aromatic nitrogens is 1. The number of nitrogens with zero attached hydrogens (tertiary/aromatic N) is 2. The van der Waals surface area contributed by atoms with E-state index in [1.807, 2.05) is 23.1 Å². The number of carbonyl (C=O) groups excluding carboxylic acids is 1. The molecule has 84 valence electrons. The molecule has 0 aliphatic rings. The fraction of sp³-hybridized carbons (Fsp3) is 0.600. The number of thiazole rings is 1. The summed E-state index contributed by atoms with van der Waals surface area (Å²) < 4.78 is 2.02. The Hall–Kier alpha value is -1.10. The standard InChI is InChI=1S/C10H17N3OS/c1-3-5-6-13-7-8-15-10(13)12-9(14)11-4-2/h7-8H,3-6H2,1-2H3,(H,11,14). The van der Waals surface area contributed by atoms with E-state index in [-0.39, 0.29) is 6.03 Å². The number of rotatable bonds is 4. The molecular formula is C10H17N3OS. The topological polar surface area (TPSA) is 46.4 Å². The zero-order valence-electron chi connectivity index (χ0n) is 9.19. The van der Waals surface area contributed by atoms with Gasteiger partial charge in [-0.3, -0.25) is 0 Å². The molecule has 5 heteroatoms. The Balaban J connectivity index is 2.75. The van der Waals surface area contributed by atoms with Crippen LogP contribution in [0.25, 0.3) is 0 Å². The predicted molar refractivity (Wildman–Crippen MR) is 61.9 cm³/mol. The minimum atomic E-state index is -0.259. The van der Waals surface area contributed by atoms with E-state index in [1.54, 1.807) is 0 Å². The van der Waals surface area contributed by atoms with E-state index in [2.05, 4.69) is 17.2 Å². The average molecular weight is 227 g/mol. The van der Waals surface area contributed by atoms with E-state index in [0.29, 0.717) is 6.54 Å². The molecule has 0 fully saturated rings. The summed E-state index contributed by atoms with van der Waals surface area (Å²) >= 11 is 1.49. The van der Waals surface area contributed by atoms with Gasteiger partial charge in [-0.25, -0.2) is 4.79 Å². The summed E-state index contributed by atoms with van der Waals surface area (Å²) in [5.74, 6) is 0. The molecule has 1 rings (SSSR count). The van der Waals surface area contributed by atoms with Crippen molar-refractivity contribution in [2.75, 3.05) is 6.54 Å². The van der Waals surface area contributed by atoms with E-state index in [9.17, 15) is 4.79 Å². The number of carbonyl (C=O) groups is 1. The number of nitrogens with one attached hydrogen (secondary N) is 1. The van der Waals surface area contributed by atoms with Crippen molar-refractivity contribution in [2.24, 2.45) is 4.99 Å². The highest BCUT2D eigenvalue weighted by Gasteiger charge is 1.98. The summed E-state index contributed by atoms with van der Waals surface area (Å²) in [5, 5.41) is 4.61. The van der Waals surface area contributed by atoms with Crippen LogP contribution in [-0.4, -0.2) is 17.1 Å². The SMILES string of the molecule is CCCCn1ccsc1=NC(=O)NCC. The Labute approximate surface area is 93.7 Å². The first-order valence-corrected chi connectivity index (χ1v) is 6.12. The summed E-state index contributed by atoms with van der Waals surface area (Å²) in [6.45, 7) is 5.57. The highest BCUT2D eigenvalue weighted by Crippen LogP contribution is 1.95. The first-order valence-electron chi connectivity index (χ1n) is 5.24. The van der Waals surface area contributed by atoms with Gasteiger partial charge in [0.1, 0.15) is 0 Å². The molecule has 1 N–H and O–H groups in total. The first kappa shape index (κ1) is 12.0. The minimum Gasteiger partial charge on any atom is -0.336 e. The second-order valence-corrected chi connectivity index (χ2v) is 4.05. The van der Waals surface area contributed by atoms with Crippen LogP contribution < -0.4 is 10.1 Å². The number of amides is 2. The molecule has 0 radical (unpaired) electrons. The van der Waals surface area contributed by atoms with Crippen molar-refractivity contribution in [3.8, 4) is 0 Å². The zero-order valence-corrected chi connectivity index (χ0v) is 10.0. The molecule has 15 heavy (non-hydrogen) atoms. The van der Waals surface area contributed by atoms with E-state index in [4.69, 9.17) is 0 Å². The maximum atomic E-state index is 11.3. The van der Waals surface area contributed by atoms with Gasteiger partial charge < -0.3 is 9.88 Å². The fourth-order valence-corrected chi connectivity index (χ4v) is 1.92. The van der Waals surface area contributed by atoms with Gasteiger partial charge in [-0.15, -0.1) is 11.3 Å². The molecule has 0 unspecified atom stereocenters. The molecule has 1 aromatic rings. The highest BCUT2D eigenvalue weighted by molar-refractivity contribution is 7.07. The molecule has 0 bridgehead atoms. The Kier molecular flexibility index (Phi) is 5.10. The van der Waals surface area contributed by atoms with Crippen molar-refractivity contribution in [3.63, 3.8) is 0 Å². The lowest BCUT2D eigenvalue weighted by Gasteiger charge is -2.00. The molecule has 1 heterocycles. The lowest BCUT2D eigenvalue weighted by Crippen LogP contribution is -2.24. The van der Waals surface area contributed by atoms with Crippen LogP contribution in [0.3, 0.4) is 0 Å². The van der Waals surface area contributed by atoms with Gasteiger partial charge in [0.15, 0.2) is 4.80 Å². The third-order valence-electron chi connectivity index (χ3n) is 1.94. The Morgan fingerprint density at radius 2 is 2.40 bits per heavy atom. The number of aryl methyl sites for hydroxylation is 1. The number of hydrogen-bond donors (Lipinski definition) is 1. The molecule has 0 saturated heterocycles. The van der Waals surface area contributed by atoms with Crippen molar-refractivity contribution in [1.82, 2.24) is 9.88 Å². The second-order valence-electron chi connectivity index (χ2n) is 3.18. The Morgan fingerprint density at radius 1 is 1.60 bits per heavy atom. The average Bonchev–Trinajstić information content (AvgIpc) is 2.63. The summed E-state index contributed by atoms with van der Waals surface area (Å²) in [7, 11) is 0. The van der Waals surface area contributed by atoms with Crippen LogP contribution in [0.2, 0.25) is 0 Å². The molecule has 2 amide bonds. The van der Waals surface area contributed by atoms with Crippen molar-refractivity contribution in [3.05, 3.63) is 16.4 Å². The third kappa shape index (κ3) is 3.87. The zero-order chi connectivity index (χ0) is 11.1. The van der Waals surface area contributed by atoms with Crippen molar-refractivity contribution < 1.29 is 4.79 Å². The quantitative estimate of drug-likeness (QED) is 0.840. The second kappa shape index (κ2) is 6.40. The van der Waals surface area contributed by atoms with Gasteiger partial charge in [-0.2, -0.15) is 4.99 Å². The maximum absolute atomic E-state index is 11.3. The normalized spacial score (nSPS) is 11.7. The highest BCUT2D eigenvalue weighted by atomic mass is 32.1. The van der Waals surface area contributed by atoms with Gasteiger partial charge in [0.2, 0.25) is 0 Å². The molecule has 0 aliphatic heterocycles. The molecular weight excluding hydrogens is 210 g/mol. The molecule has 0 aromatic carbocycles. The molecule has 0 spiro atoms. The molecule has 1 aromatic heterocycles. The minimum absolute atomic E-state index is 0.259. The number of unbranched alkanes of at least 4 members (excludes halogenated alkanes) is 1. The van der Waals surface area contributed by atoms with Crippen LogP contribution in [0, 0.1) is 0 Å². The lowest BCUT2D eigenvalue weighted by molar-refractivity contribution is 0.249. The van der Waals surface area contributed by atoms with Crippen LogP contribution >= 0.6 is 11.3 Å². The van der Waals surface area contributed by atoms with Gasteiger partial charge >= 0.3 is 6.03 Å². The number of urea groups is 1. The van der Waals surface area contributed by atoms with Gasteiger partial charge in [0, 0.05) is 24.7 Å². The van der Waals surface area contributed by atoms with Crippen LogP contribution in [-0.2, 0) is 6.54 Å². The molecule has 0 saturated carbocycles. The maximum Gasteiger partial charge on any atom is 0.343 e. The van der Waals surface area contributed by atoms with Gasteiger partial charge in [-0.1, -0.05) is 13.3 Å². The summed E-state index contributed by atoms with van der Waals surface area (Å²) in [6, 6.07) is -0.259. The van der Waals surface area contributed by atoms with Crippen molar-refractivity contribution >= 4 is 17.4 Å². The van der Waals surface area contributed by atoms with Gasteiger partial charge in [-0.05, 0) is 13.3 Å². The molecule has 0 atom stereocenters. The summed E-state index contributed by atoms with van der Waals surface area (Å²) in [4.78, 5) is 16.0. The van der Waals surface area contributed by atoms with Crippen LogP contribution in [0.1, 0.15) is 26.7 Å². The van der Waals surface area contributed by atoms with Crippen molar-refractivity contribution in [1.29, 1.82) is 0 Å². The summed E-state index contributed by atoms with van der Waals surface area (Å²) in [6.07, 6.45) is 4.22. The molecule has 4 nitrogen and oxygen atoms in total. The van der Waals surface area contributed by atoms with Gasteiger partial charge in [0.25, 0.3) is 0 Å². The third-order valence-corrected chi connectivity index (χ3v) is 2.73. The van der Waals surface area contributed by atoms with E-state index < -0.39 is 0 Å². The predicted octanol–water partition coefficient (Wildman–Crippen LogP) is 1.98. The van der Waals surface area contributed by atoms with Crippen LogP contribution in [0.4, 0.5) is 4.79 Å². The van der Waals surface area contributed by atoms with Crippen LogP contribution in [0.15, 0.2) is 16.6 Å². The fourth-order valence-electron chi connectivity index (χ4n) is 1.16. The Morgan fingerprint density at radius 3 is 3.07 bits per heavy atom. The lowest BCUT2D eigenvalue weighted by atomic mass is 10.3. The largest absolute Gasteiger partial charge is 0.343 e.